The van der Waals surface area contributed by atoms with Gasteiger partial charge in [0.15, 0.2) is 23.4 Å². The third-order valence-electron chi connectivity index (χ3n) is 5.81. The third kappa shape index (κ3) is 5.92. The number of fused-ring (bicyclic) bond motifs is 2. The van der Waals surface area contributed by atoms with Crippen LogP contribution in [0.2, 0.25) is 0 Å². The number of nitrogen functional groups attached to an aromatic ring is 1. The molecule has 216 valence electrons. The zero-order valence-corrected chi connectivity index (χ0v) is 22.8. The first kappa shape index (κ1) is 28.9. The molecule has 4 heterocycles. The second-order valence-corrected chi connectivity index (χ2v) is 10.8. The molecule has 2 aliphatic heterocycles. The highest BCUT2D eigenvalue weighted by Crippen LogP contribution is 2.59. The predicted octanol–water partition coefficient (Wildman–Crippen LogP) is 0.672. The summed E-state index contributed by atoms with van der Waals surface area (Å²) in [4.78, 5) is 36.6. The summed E-state index contributed by atoms with van der Waals surface area (Å²) in [6.45, 7) is 5.81. The number of ether oxygens (including phenoxy) is 4. The first-order chi connectivity index (χ1) is 18.4. The van der Waals surface area contributed by atoms with Crippen molar-refractivity contribution in [2.24, 2.45) is 0 Å². The molecule has 2 aromatic heterocycles. The second kappa shape index (κ2) is 11.2. The Morgan fingerprint density at radius 1 is 1.38 bits per heavy atom. The highest BCUT2D eigenvalue weighted by atomic mass is 31.2. The molecule has 2 fully saturated rings. The van der Waals surface area contributed by atoms with Crippen LogP contribution in [-0.2, 0) is 37.1 Å². The topological polar surface area (TPSA) is 218 Å². The van der Waals surface area contributed by atoms with Gasteiger partial charge in [-0.1, -0.05) is 0 Å². The average Bonchev–Trinajstić information content (AvgIpc) is 3.39. The van der Waals surface area contributed by atoms with Gasteiger partial charge in [-0.15, -0.1) is 0 Å². The number of imidazole rings is 1. The summed E-state index contributed by atoms with van der Waals surface area (Å²) in [7, 11) is -3.24. The molecule has 0 aliphatic carbocycles. The molecule has 18 heteroatoms. The van der Waals surface area contributed by atoms with E-state index in [1.807, 2.05) is 0 Å². The van der Waals surface area contributed by atoms with Crippen LogP contribution in [0.25, 0.3) is 11.2 Å². The van der Waals surface area contributed by atoms with E-state index < -0.39 is 62.7 Å². The minimum atomic E-state index is -4.35. The number of aromatic nitrogens is 4. The molecule has 0 radical (unpaired) electrons. The number of carbonyl (C=O) groups is 2. The van der Waals surface area contributed by atoms with E-state index in [-0.39, 0.29) is 24.1 Å². The maximum Gasteiger partial charge on any atom is 0.475 e. The van der Waals surface area contributed by atoms with Gasteiger partial charge >= 0.3 is 19.9 Å². The van der Waals surface area contributed by atoms with E-state index in [1.165, 1.54) is 17.8 Å². The summed E-state index contributed by atoms with van der Waals surface area (Å²) in [6.07, 6.45) is -3.24. The first-order valence-corrected chi connectivity index (χ1v) is 13.5. The molecule has 1 amide bonds. The van der Waals surface area contributed by atoms with Crippen molar-refractivity contribution in [2.45, 2.75) is 63.9 Å². The Balaban J connectivity index is 1.53. The largest absolute Gasteiger partial charge is 0.476 e. The van der Waals surface area contributed by atoms with Gasteiger partial charge in [0.2, 0.25) is 11.8 Å². The van der Waals surface area contributed by atoms with Gasteiger partial charge in [-0.3, -0.25) is 18.1 Å². The van der Waals surface area contributed by atoms with Gasteiger partial charge in [-0.25, -0.2) is 19.1 Å². The van der Waals surface area contributed by atoms with Gasteiger partial charge in [0, 0.05) is 0 Å². The number of phosphoric acid groups is 1. The summed E-state index contributed by atoms with van der Waals surface area (Å²) < 4.78 is 52.1. The minimum absolute atomic E-state index is 0.0775. The van der Waals surface area contributed by atoms with Crippen LogP contribution in [0.4, 0.5) is 10.7 Å². The molecular formula is C21H31N6O11P. The molecular weight excluding hydrogens is 543 g/mol. The van der Waals surface area contributed by atoms with Crippen molar-refractivity contribution < 1.29 is 51.8 Å². The summed E-state index contributed by atoms with van der Waals surface area (Å²) >= 11 is 0. The molecule has 0 bridgehead atoms. The van der Waals surface area contributed by atoms with Gasteiger partial charge < -0.3 is 35.1 Å². The fraction of sp³-hybridized carbons (Fsp3) is 0.667. The van der Waals surface area contributed by atoms with E-state index in [4.69, 9.17) is 33.5 Å². The molecule has 39 heavy (non-hydrogen) atoms. The number of amides is 1. The van der Waals surface area contributed by atoms with Gasteiger partial charge in [-0.2, -0.15) is 9.97 Å². The summed E-state index contributed by atoms with van der Waals surface area (Å²) in [6, 6.07) is -1.38. The van der Waals surface area contributed by atoms with Crippen LogP contribution in [0.3, 0.4) is 0 Å². The van der Waals surface area contributed by atoms with Crippen LogP contribution < -0.4 is 15.8 Å². The van der Waals surface area contributed by atoms with E-state index in [0.29, 0.717) is 12.1 Å². The quantitative estimate of drug-likeness (QED) is 0.277. The highest BCUT2D eigenvalue weighted by Gasteiger charge is 2.60. The van der Waals surface area contributed by atoms with Crippen LogP contribution in [0.1, 0.15) is 33.9 Å². The maximum atomic E-state index is 13.3. The number of nitrogens with one attached hydrogen (secondary N) is 1. The molecule has 2 aliphatic rings. The third-order valence-corrected chi connectivity index (χ3v) is 7.23. The van der Waals surface area contributed by atoms with Gasteiger partial charge in [0.1, 0.15) is 17.8 Å². The molecule has 0 saturated carbocycles. The Labute approximate surface area is 222 Å². The van der Waals surface area contributed by atoms with Gasteiger partial charge in [-0.05, 0) is 27.7 Å². The fourth-order valence-corrected chi connectivity index (χ4v) is 5.59. The number of methoxy groups -OCH3 is 1. The van der Waals surface area contributed by atoms with Crippen LogP contribution in [-0.4, -0.2) is 93.6 Å². The van der Waals surface area contributed by atoms with E-state index in [0.717, 1.165) is 7.11 Å². The number of hydrogen-bond donors (Lipinski definition) is 3. The molecule has 6 atom stereocenters. The number of rotatable bonds is 9. The number of nitrogens with zero attached hydrogens (tertiary/aromatic N) is 4. The van der Waals surface area contributed by atoms with Gasteiger partial charge in [0.05, 0.1) is 39.4 Å². The summed E-state index contributed by atoms with van der Waals surface area (Å²) in [5, 5.41) is 13.7. The predicted molar refractivity (Wildman–Crippen MR) is 130 cm³/mol. The lowest BCUT2D eigenvalue weighted by Crippen LogP contribution is -2.48. The zero-order chi connectivity index (χ0) is 28.5. The molecule has 4 N–H and O–H groups in total. The molecule has 2 saturated heterocycles. The Bertz CT molecular complexity index is 1270. The monoisotopic (exact) mass is 574 g/mol. The lowest BCUT2D eigenvalue weighted by atomic mass is 9.96. The van der Waals surface area contributed by atoms with E-state index >= 15 is 0 Å². The number of nitrogens with two attached hydrogens (primary N) is 1. The molecule has 0 unspecified atom stereocenters. The van der Waals surface area contributed by atoms with Crippen LogP contribution in [0.5, 0.6) is 5.88 Å². The second-order valence-electron chi connectivity index (χ2n) is 9.14. The smallest absolute Gasteiger partial charge is 0.475 e. The number of anilines is 1. The van der Waals surface area contributed by atoms with Crippen molar-refractivity contribution in [3.05, 3.63) is 6.33 Å². The number of alkyl carbamates (subject to hydrolysis) is 1. The maximum absolute atomic E-state index is 13.3. The van der Waals surface area contributed by atoms with E-state index in [2.05, 4.69) is 25.0 Å². The zero-order valence-electron chi connectivity index (χ0n) is 21.9. The van der Waals surface area contributed by atoms with Crippen molar-refractivity contribution in [1.82, 2.24) is 24.8 Å². The number of aliphatic hydroxyl groups is 1. The van der Waals surface area contributed by atoms with Crippen molar-refractivity contribution in [3.8, 4) is 5.88 Å². The Morgan fingerprint density at radius 2 is 2.13 bits per heavy atom. The molecule has 0 spiro atoms. The molecule has 17 nitrogen and oxygen atoms in total. The van der Waals surface area contributed by atoms with Gasteiger partial charge in [0.25, 0.3) is 0 Å². The number of hydrogen-bond acceptors (Lipinski definition) is 15. The molecule has 2 aromatic rings. The highest BCUT2D eigenvalue weighted by molar-refractivity contribution is 7.48. The number of carbonyl (C=O) groups excluding carboxylic acids is 2. The molecule has 0 aromatic carbocycles. The fourth-order valence-electron chi connectivity index (χ4n) is 4.11. The number of phosphoric ester groups is 1. The SMILES string of the molecule is CCOc1nc(N)nc2c1ncn2[C@@H]1O[C@@H]2CO[P@@](=O)(OC[C@@H](NC(=O)OC)C(=O)OC(C)C)O[C@H]2[C@@]1(C)O. The van der Waals surface area contributed by atoms with E-state index in [1.54, 1.807) is 20.8 Å². The van der Waals surface area contributed by atoms with Crippen LogP contribution >= 0.6 is 7.82 Å². The van der Waals surface area contributed by atoms with Crippen molar-refractivity contribution in [2.75, 3.05) is 32.7 Å². The lowest BCUT2D eigenvalue weighted by Gasteiger charge is -2.35. The Morgan fingerprint density at radius 3 is 2.79 bits per heavy atom. The Hall–Kier alpha value is -3.08. The molecule has 4 rings (SSSR count). The average molecular weight is 574 g/mol. The van der Waals surface area contributed by atoms with Crippen LogP contribution in [0, 0.1) is 0 Å². The lowest BCUT2D eigenvalue weighted by molar-refractivity contribution is -0.151. The normalized spacial score (nSPS) is 29.2. The van der Waals surface area contributed by atoms with Crippen molar-refractivity contribution >= 4 is 37.0 Å². The van der Waals surface area contributed by atoms with Crippen molar-refractivity contribution in [3.63, 3.8) is 0 Å². The van der Waals surface area contributed by atoms with Crippen molar-refractivity contribution in [1.29, 1.82) is 0 Å². The van der Waals surface area contributed by atoms with Crippen LogP contribution in [0.15, 0.2) is 6.33 Å². The van der Waals surface area contributed by atoms with E-state index in [9.17, 15) is 19.3 Å². The number of esters is 1. The minimum Gasteiger partial charge on any atom is -0.476 e. The summed E-state index contributed by atoms with van der Waals surface area (Å²) in [5.74, 6) is -0.767. The first-order valence-electron chi connectivity index (χ1n) is 12.0. The summed E-state index contributed by atoms with van der Waals surface area (Å²) in [5.41, 5.74) is 4.56. The standard InChI is InChI=1S/C21H31N6O11P/c1-6-33-16-13-15(25-19(22)26-16)27(9-23-13)18-21(4,30)14-12(37-18)8-35-39(31,38-14)34-7-11(24-20(29)32-5)17(28)36-10(2)3/h9-12,14,18,30H,6-8H2,1-5H3,(H,24,29)(H2,22,25,26)/t11-,12-,14-,18-,21-,39-/m1/s1. The Kier molecular flexibility index (Phi) is 8.30.